The van der Waals surface area contributed by atoms with E-state index in [0.717, 1.165) is 0 Å². The maximum Gasteiger partial charge on any atom is 0.408 e. The van der Waals surface area contributed by atoms with Crippen LogP contribution in [0.1, 0.15) is 48.0 Å². The number of hydrogen-bond donors (Lipinski definition) is 2. The van der Waals surface area contributed by atoms with Gasteiger partial charge in [0, 0.05) is 12.0 Å². The van der Waals surface area contributed by atoms with E-state index in [9.17, 15) is 14.4 Å². The van der Waals surface area contributed by atoms with Crippen LogP contribution in [0.4, 0.5) is 4.79 Å². The van der Waals surface area contributed by atoms with Crippen molar-refractivity contribution in [2.45, 2.75) is 65.2 Å². The lowest BCUT2D eigenvalue weighted by molar-refractivity contribution is -0.157. The number of alkyl carbamates (subject to hydrolysis) is 1. The van der Waals surface area contributed by atoms with Gasteiger partial charge in [-0.3, -0.25) is 0 Å². The van der Waals surface area contributed by atoms with Gasteiger partial charge < -0.3 is 19.9 Å². The summed E-state index contributed by atoms with van der Waals surface area (Å²) < 4.78 is 10.2. The first-order valence-electron chi connectivity index (χ1n) is 6.85. The van der Waals surface area contributed by atoms with E-state index in [1.54, 1.807) is 41.5 Å². The van der Waals surface area contributed by atoms with Crippen LogP contribution >= 0.6 is 0 Å². The van der Waals surface area contributed by atoms with Gasteiger partial charge in [-0.05, 0) is 41.5 Å². The second-order valence-electron chi connectivity index (χ2n) is 6.85. The second kappa shape index (κ2) is 7.29. The molecule has 0 unspecified atom stereocenters. The van der Waals surface area contributed by atoms with E-state index in [1.807, 2.05) is 0 Å². The smallest absolute Gasteiger partial charge is 0.408 e. The van der Waals surface area contributed by atoms with Gasteiger partial charge in [-0.25, -0.2) is 14.4 Å². The van der Waals surface area contributed by atoms with Gasteiger partial charge >= 0.3 is 18.0 Å². The molecule has 0 aromatic heterocycles. The van der Waals surface area contributed by atoms with E-state index in [4.69, 9.17) is 14.6 Å². The van der Waals surface area contributed by atoms with Gasteiger partial charge in [-0.2, -0.15) is 0 Å². The summed E-state index contributed by atoms with van der Waals surface area (Å²) in [6.07, 6.45) is -1.11. The number of carboxylic acids is 1. The lowest BCUT2D eigenvalue weighted by Crippen LogP contribution is -2.46. The van der Waals surface area contributed by atoms with Gasteiger partial charge in [0.05, 0.1) is 0 Å². The molecule has 0 aromatic rings. The van der Waals surface area contributed by atoms with E-state index in [-0.39, 0.29) is 12.0 Å². The van der Waals surface area contributed by atoms with Crippen LogP contribution in [0.2, 0.25) is 0 Å². The average Bonchev–Trinajstić information content (AvgIpc) is 2.22. The van der Waals surface area contributed by atoms with Crippen LogP contribution in [0.3, 0.4) is 0 Å². The number of nitrogens with one attached hydrogen (secondary N) is 1. The van der Waals surface area contributed by atoms with Crippen LogP contribution in [0.25, 0.3) is 0 Å². The Morgan fingerprint density at radius 1 is 1.05 bits per heavy atom. The Morgan fingerprint density at radius 2 is 1.50 bits per heavy atom. The maximum atomic E-state index is 12.1. The normalized spacial score (nSPS) is 13.0. The van der Waals surface area contributed by atoms with Crippen molar-refractivity contribution in [3.8, 4) is 0 Å². The quantitative estimate of drug-likeness (QED) is 0.596. The molecule has 22 heavy (non-hydrogen) atoms. The van der Waals surface area contributed by atoms with E-state index < -0.39 is 35.3 Å². The first-order valence-corrected chi connectivity index (χ1v) is 6.85. The van der Waals surface area contributed by atoms with Gasteiger partial charge in [0.2, 0.25) is 0 Å². The summed E-state index contributed by atoms with van der Waals surface area (Å²) in [6.45, 7) is 13.4. The zero-order valence-electron chi connectivity index (χ0n) is 14.0. The first kappa shape index (κ1) is 19.9. The Bertz CT molecular complexity index is 456. The van der Waals surface area contributed by atoms with Crippen LogP contribution in [0.5, 0.6) is 0 Å². The fourth-order valence-corrected chi connectivity index (χ4v) is 1.35. The fraction of sp³-hybridized carbons (Fsp3) is 0.667. The number of esters is 1. The molecule has 0 radical (unpaired) electrons. The highest BCUT2D eigenvalue weighted by Gasteiger charge is 2.30. The number of hydrogen-bond acceptors (Lipinski definition) is 5. The van der Waals surface area contributed by atoms with Crippen molar-refractivity contribution in [2.24, 2.45) is 0 Å². The minimum Gasteiger partial charge on any atom is -0.478 e. The summed E-state index contributed by atoms with van der Waals surface area (Å²) in [5.41, 5.74) is -1.73. The van der Waals surface area contributed by atoms with Crippen molar-refractivity contribution in [2.75, 3.05) is 0 Å². The van der Waals surface area contributed by atoms with Crippen molar-refractivity contribution in [3.05, 3.63) is 12.2 Å². The molecule has 0 aliphatic heterocycles. The molecule has 0 aliphatic rings. The third-order valence-electron chi connectivity index (χ3n) is 2.14. The molecule has 0 fully saturated rings. The van der Waals surface area contributed by atoms with E-state index in [2.05, 4.69) is 11.9 Å². The number of carbonyl (C=O) groups excluding carboxylic acids is 2. The molecule has 0 rings (SSSR count). The summed E-state index contributed by atoms with van der Waals surface area (Å²) in [7, 11) is 0. The van der Waals surface area contributed by atoms with Crippen molar-refractivity contribution in [1.29, 1.82) is 0 Å². The minimum absolute atomic E-state index is 0.216. The molecule has 2 N–H and O–H groups in total. The Hall–Kier alpha value is -2.05. The molecule has 0 saturated carbocycles. The van der Waals surface area contributed by atoms with Crippen LogP contribution < -0.4 is 5.32 Å². The predicted molar refractivity (Wildman–Crippen MR) is 80.4 cm³/mol. The molecule has 0 aromatic carbocycles. The number of carboxylic acid groups (broad SMARTS) is 1. The summed E-state index contributed by atoms with van der Waals surface area (Å²) in [5, 5.41) is 11.2. The molecule has 0 spiro atoms. The highest BCUT2D eigenvalue weighted by molar-refractivity contribution is 5.89. The summed E-state index contributed by atoms with van der Waals surface area (Å²) in [5.74, 6) is -2.00. The largest absolute Gasteiger partial charge is 0.478 e. The molecule has 0 aliphatic carbocycles. The standard InChI is InChI=1S/C15H25NO6/c1-9(11(17)18)8-10(12(19)21-14(2,3)4)16-13(20)22-15(5,6)7/h10H,1,8H2,2-7H3,(H,16,20)(H,17,18)/t10-/m0/s1. The van der Waals surface area contributed by atoms with Crippen LogP contribution in [-0.4, -0.2) is 40.4 Å². The van der Waals surface area contributed by atoms with E-state index >= 15 is 0 Å². The van der Waals surface area contributed by atoms with Crippen LogP contribution in [-0.2, 0) is 19.1 Å². The third kappa shape index (κ3) is 8.99. The third-order valence-corrected chi connectivity index (χ3v) is 2.14. The number of amides is 1. The molecule has 7 heteroatoms. The van der Waals surface area contributed by atoms with Gasteiger partial charge in [0.25, 0.3) is 0 Å². The fourth-order valence-electron chi connectivity index (χ4n) is 1.35. The topological polar surface area (TPSA) is 102 Å². The van der Waals surface area contributed by atoms with E-state index in [0.29, 0.717) is 0 Å². The Morgan fingerprint density at radius 3 is 1.86 bits per heavy atom. The second-order valence-corrected chi connectivity index (χ2v) is 6.85. The minimum atomic E-state index is -1.25. The van der Waals surface area contributed by atoms with Gasteiger partial charge in [-0.15, -0.1) is 0 Å². The molecular formula is C15H25NO6. The molecule has 1 amide bonds. The first-order chi connectivity index (χ1) is 9.71. The molecule has 1 atom stereocenters. The Balaban J connectivity index is 5.01. The molecular weight excluding hydrogens is 290 g/mol. The highest BCUT2D eigenvalue weighted by Crippen LogP contribution is 2.14. The van der Waals surface area contributed by atoms with Crippen molar-refractivity contribution in [1.82, 2.24) is 5.32 Å². The SMILES string of the molecule is C=C(C[C@H](NC(=O)OC(C)(C)C)C(=O)OC(C)(C)C)C(=O)O. The van der Waals surface area contributed by atoms with Gasteiger partial charge in [0.1, 0.15) is 17.2 Å². The molecule has 0 bridgehead atoms. The number of aliphatic carboxylic acids is 1. The van der Waals surface area contributed by atoms with Gasteiger partial charge in [-0.1, -0.05) is 6.58 Å². The van der Waals surface area contributed by atoms with Crippen molar-refractivity contribution in [3.63, 3.8) is 0 Å². The summed E-state index contributed by atoms with van der Waals surface area (Å²) >= 11 is 0. The van der Waals surface area contributed by atoms with Crippen molar-refractivity contribution >= 4 is 18.0 Å². The Labute approximate surface area is 130 Å². The van der Waals surface area contributed by atoms with Crippen molar-refractivity contribution < 1.29 is 29.0 Å². The number of rotatable bonds is 5. The highest BCUT2D eigenvalue weighted by atomic mass is 16.6. The lowest BCUT2D eigenvalue weighted by atomic mass is 10.1. The average molecular weight is 315 g/mol. The molecule has 0 heterocycles. The maximum absolute atomic E-state index is 12.1. The Kier molecular flexibility index (Phi) is 6.61. The predicted octanol–water partition coefficient (Wildman–Crippen LogP) is 2.25. The lowest BCUT2D eigenvalue weighted by Gasteiger charge is -2.26. The zero-order chi connectivity index (χ0) is 17.7. The van der Waals surface area contributed by atoms with E-state index in [1.165, 1.54) is 0 Å². The molecule has 0 saturated heterocycles. The number of carbonyl (C=O) groups is 3. The number of ether oxygens (including phenoxy) is 2. The van der Waals surface area contributed by atoms with Crippen LogP contribution in [0, 0.1) is 0 Å². The van der Waals surface area contributed by atoms with Gasteiger partial charge in [0.15, 0.2) is 0 Å². The molecule has 7 nitrogen and oxygen atoms in total. The summed E-state index contributed by atoms with van der Waals surface area (Å²) in [6, 6.07) is -1.18. The van der Waals surface area contributed by atoms with Crippen LogP contribution in [0.15, 0.2) is 12.2 Å². The zero-order valence-corrected chi connectivity index (χ0v) is 14.0. The molecule has 126 valence electrons. The summed E-state index contributed by atoms with van der Waals surface area (Å²) in [4.78, 5) is 34.7. The monoisotopic (exact) mass is 315 g/mol.